The number of imide groups is 1. The highest BCUT2D eigenvalue weighted by atomic mass is 19.3. The number of hydrogen-bond donors (Lipinski definition) is 2. The summed E-state index contributed by atoms with van der Waals surface area (Å²) in [6.07, 6.45) is 0.667. The van der Waals surface area contributed by atoms with Crippen LogP contribution in [-0.4, -0.2) is 41.4 Å². The van der Waals surface area contributed by atoms with Gasteiger partial charge in [0.1, 0.15) is 29.2 Å². The van der Waals surface area contributed by atoms with Crippen LogP contribution in [0.5, 0.6) is 5.75 Å². The maximum atomic E-state index is 13.0. The summed E-state index contributed by atoms with van der Waals surface area (Å²) in [5, 5.41) is 6.33. The van der Waals surface area contributed by atoms with E-state index in [2.05, 4.69) is 15.4 Å². The Labute approximate surface area is 200 Å². The molecular weight excluding hydrogens is 460 g/mol. The van der Waals surface area contributed by atoms with Crippen molar-refractivity contribution in [2.75, 3.05) is 6.54 Å². The van der Waals surface area contributed by atoms with Crippen molar-refractivity contribution in [2.24, 2.45) is 0 Å². The van der Waals surface area contributed by atoms with Gasteiger partial charge in [-0.2, -0.15) is 8.78 Å². The zero-order chi connectivity index (χ0) is 25.2. The second kappa shape index (κ2) is 9.73. The van der Waals surface area contributed by atoms with Crippen LogP contribution in [0.25, 0.3) is 11.0 Å². The van der Waals surface area contributed by atoms with E-state index in [0.29, 0.717) is 17.8 Å². The SMILES string of the molecule is C[C@H](NC(=O)CN1C(=O)N[C@](C)(CCc2ccc(OC(F)F)cc2)C1=O)c1cc2ccccc2o1. The molecule has 2 atom stereocenters. The van der Waals surface area contributed by atoms with Gasteiger partial charge in [0.15, 0.2) is 0 Å². The number of nitrogens with zero attached hydrogens (tertiary/aromatic N) is 1. The van der Waals surface area contributed by atoms with Crippen LogP contribution in [-0.2, 0) is 16.0 Å². The number of amides is 4. The maximum absolute atomic E-state index is 13.0. The highest BCUT2D eigenvalue weighted by Crippen LogP contribution is 2.26. The normalized spacial score (nSPS) is 18.7. The van der Waals surface area contributed by atoms with Gasteiger partial charge < -0.3 is 19.8 Å². The van der Waals surface area contributed by atoms with Gasteiger partial charge in [-0.05, 0) is 56.5 Å². The van der Waals surface area contributed by atoms with Crippen molar-refractivity contribution in [1.29, 1.82) is 0 Å². The van der Waals surface area contributed by atoms with Crippen LogP contribution >= 0.6 is 0 Å². The van der Waals surface area contributed by atoms with E-state index in [1.807, 2.05) is 30.3 Å². The molecule has 0 aliphatic carbocycles. The lowest BCUT2D eigenvalue weighted by Crippen LogP contribution is -2.45. The average molecular weight is 485 g/mol. The Morgan fingerprint density at radius 1 is 1.17 bits per heavy atom. The van der Waals surface area contributed by atoms with E-state index in [1.54, 1.807) is 26.0 Å². The lowest BCUT2D eigenvalue weighted by molar-refractivity contribution is -0.135. The van der Waals surface area contributed by atoms with Gasteiger partial charge in [0, 0.05) is 5.39 Å². The number of para-hydroxylation sites is 1. The van der Waals surface area contributed by atoms with Gasteiger partial charge >= 0.3 is 12.6 Å². The Hall–Kier alpha value is -3.95. The van der Waals surface area contributed by atoms with Crippen LogP contribution in [0, 0.1) is 0 Å². The van der Waals surface area contributed by atoms with Gasteiger partial charge in [-0.25, -0.2) is 4.79 Å². The summed E-state index contributed by atoms with van der Waals surface area (Å²) in [5.41, 5.74) is 0.287. The number of carbonyl (C=O) groups excluding carboxylic acids is 3. The number of benzene rings is 2. The minimum Gasteiger partial charge on any atom is -0.459 e. The summed E-state index contributed by atoms with van der Waals surface area (Å²) in [4.78, 5) is 38.9. The van der Waals surface area contributed by atoms with Gasteiger partial charge in [0.05, 0.1) is 6.04 Å². The third kappa shape index (κ3) is 5.42. The number of furan rings is 1. The smallest absolute Gasteiger partial charge is 0.387 e. The molecule has 2 aromatic carbocycles. The molecule has 4 amide bonds. The number of urea groups is 1. The summed E-state index contributed by atoms with van der Waals surface area (Å²) >= 11 is 0. The minimum atomic E-state index is -2.91. The first-order chi connectivity index (χ1) is 16.6. The molecule has 0 radical (unpaired) electrons. The molecule has 0 spiro atoms. The molecule has 4 rings (SSSR count). The van der Waals surface area contributed by atoms with Crippen molar-refractivity contribution < 1.29 is 32.3 Å². The van der Waals surface area contributed by atoms with Crippen molar-refractivity contribution in [3.63, 3.8) is 0 Å². The van der Waals surface area contributed by atoms with Crippen molar-refractivity contribution in [3.05, 3.63) is 65.9 Å². The fourth-order valence-corrected chi connectivity index (χ4v) is 4.01. The lowest BCUT2D eigenvalue weighted by Gasteiger charge is -2.22. The summed E-state index contributed by atoms with van der Waals surface area (Å²) in [6.45, 7) is 0.0143. The zero-order valence-corrected chi connectivity index (χ0v) is 19.2. The standard InChI is InChI=1S/C25H25F2N3O5/c1-15(20-13-17-5-3-4-6-19(17)35-20)28-21(31)14-30-22(32)25(2,29-24(30)33)12-11-16-7-9-18(10-8-16)34-23(26)27/h3-10,13,15,23H,11-12,14H2,1-2H3,(H,28,31)(H,29,33)/t15-,25+/m0/s1. The third-order valence-corrected chi connectivity index (χ3v) is 5.96. The molecule has 1 aliphatic rings. The summed E-state index contributed by atoms with van der Waals surface area (Å²) < 4.78 is 34.7. The number of hydrogen-bond acceptors (Lipinski definition) is 5. The van der Waals surface area contributed by atoms with E-state index in [1.165, 1.54) is 12.1 Å². The van der Waals surface area contributed by atoms with E-state index in [-0.39, 0.29) is 12.2 Å². The van der Waals surface area contributed by atoms with E-state index in [9.17, 15) is 23.2 Å². The fourth-order valence-electron chi connectivity index (χ4n) is 4.01. The van der Waals surface area contributed by atoms with E-state index < -0.39 is 42.6 Å². The molecule has 3 aromatic rings. The molecular formula is C25H25F2N3O5. The highest BCUT2D eigenvalue weighted by molar-refractivity contribution is 6.08. The Morgan fingerprint density at radius 2 is 1.89 bits per heavy atom. The number of alkyl halides is 2. The van der Waals surface area contributed by atoms with Crippen molar-refractivity contribution in [2.45, 2.75) is 44.9 Å². The quantitative estimate of drug-likeness (QED) is 0.444. The first-order valence-electron chi connectivity index (χ1n) is 11.1. The zero-order valence-electron chi connectivity index (χ0n) is 19.2. The molecule has 184 valence electrons. The molecule has 1 aliphatic heterocycles. The predicted molar refractivity (Wildman–Crippen MR) is 123 cm³/mol. The first kappa shape index (κ1) is 24.2. The molecule has 1 fully saturated rings. The number of nitrogens with one attached hydrogen (secondary N) is 2. The molecule has 2 N–H and O–H groups in total. The first-order valence-corrected chi connectivity index (χ1v) is 11.1. The second-order valence-electron chi connectivity index (χ2n) is 8.65. The predicted octanol–water partition coefficient (Wildman–Crippen LogP) is 4.15. The van der Waals surface area contributed by atoms with Gasteiger partial charge in [-0.3, -0.25) is 14.5 Å². The Morgan fingerprint density at radius 3 is 2.57 bits per heavy atom. The van der Waals surface area contributed by atoms with Crippen LogP contribution < -0.4 is 15.4 Å². The van der Waals surface area contributed by atoms with Gasteiger partial charge in [-0.1, -0.05) is 30.3 Å². The second-order valence-corrected chi connectivity index (χ2v) is 8.65. The minimum absolute atomic E-state index is 0.0364. The van der Waals surface area contributed by atoms with Gasteiger partial charge in [0.25, 0.3) is 5.91 Å². The largest absolute Gasteiger partial charge is 0.459 e. The molecule has 10 heteroatoms. The van der Waals surface area contributed by atoms with Crippen LogP contribution in [0.3, 0.4) is 0 Å². The highest BCUT2D eigenvalue weighted by Gasteiger charge is 2.47. The lowest BCUT2D eigenvalue weighted by atomic mass is 9.93. The summed E-state index contributed by atoms with van der Waals surface area (Å²) in [6, 6.07) is 14.3. The summed E-state index contributed by atoms with van der Waals surface area (Å²) in [7, 11) is 0. The number of ether oxygens (including phenoxy) is 1. The Balaban J connectivity index is 1.33. The van der Waals surface area contributed by atoms with Gasteiger partial charge in [-0.15, -0.1) is 0 Å². The molecule has 1 saturated heterocycles. The van der Waals surface area contributed by atoms with Crippen molar-refractivity contribution in [3.8, 4) is 5.75 Å². The fraction of sp³-hybridized carbons (Fsp3) is 0.320. The molecule has 0 bridgehead atoms. The van der Waals surface area contributed by atoms with Crippen LogP contribution in [0.1, 0.15) is 37.6 Å². The van der Waals surface area contributed by atoms with Gasteiger partial charge in [0.2, 0.25) is 5.91 Å². The average Bonchev–Trinajstić information content (AvgIpc) is 3.33. The summed E-state index contributed by atoms with van der Waals surface area (Å²) in [5.74, 6) is -0.409. The Kier molecular flexibility index (Phi) is 6.72. The molecule has 0 unspecified atom stereocenters. The van der Waals surface area contributed by atoms with Crippen molar-refractivity contribution in [1.82, 2.24) is 15.5 Å². The third-order valence-electron chi connectivity index (χ3n) is 5.96. The van der Waals surface area contributed by atoms with E-state index in [4.69, 9.17) is 4.42 Å². The molecule has 0 saturated carbocycles. The molecule has 2 heterocycles. The Bertz CT molecular complexity index is 1210. The molecule has 1 aromatic heterocycles. The number of rotatable bonds is 9. The number of carbonyl (C=O) groups is 3. The van der Waals surface area contributed by atoms with E-state index >= 15 is 0 Å². The van der Waals surface area contributed by atoms with Crippen LogP contribution in [0.4, 0.5) is 13.6 Å². The maximum Gasteiger partial charge on any atom is 0.387 e. The van der Waals surface area contributed by atoms with Crippen LogP contribution in [0.15, 0.2) is 59.0 Å². The monoisotopic (exact) mass is 485 g/mol. The van der Waals surface area contributed by atoms with Crippen molar-refractivity contribution >= 4 is 28.8 Å². The number of fused-ring (bicyclic) bond motifs is 1. The number of halogens is 2. The molecule has 8 nitrogen and oxygen atoms in total. The van der Waals surface area contributed by atoms with E-state index in [0.717, 1.165) is 15.8 Å². The van der Waals surface area contributed by atoms with Crippen LogP contribution in [0.2, 0.25) is 0 Å². The topological polar surface area (TPSA) is 101 Å². The number of aryl methyl sites for hydroxylation is 1. The molecule has 35 heavy (non-hydrogen) atoms.